The molecule has 1 aliphatic heterocycles. The SMILES string of the molecule is CC(C)(C)OC(=O)N[C@H]1CCCN(CCc2ccc(F)c(Br)c2)C1. The number of carbonyl (C=O) groups excluding carboxylic acids is 1. The lowest BCUT2D eigenvalue weighted by Gasteiger charge is -2.33. The van der Waals surface area contributed by atoms with E-state index in [0.29, 0.717) is 4.47 Å². The van der Waals surface area contributed by atoms with Crippen molar-refractivity contribution >= 4 is 22.0 Å². The molecule has 4 nitrogen and oxygen atoms in total. The fourth-order valence-electron chi connectivity index (χ4n) is 2.83. The van der Waals surface area contributed by atoms with E-state index in [1.54, 1.807) is 0 Å². The molecule has 0 unspecified atom stereocenters. The van der Waals surface area contributed by atoms with Gasteiger partial charge in [0, 0.05) is 19.1 Å². The van der Waals surface area contributed by atoms with Gasteiger partial charge in [0.05, 0.1) is 4.47 Å². The van der Waals surface area contributed by atoms with Gasteiger partial charge in [0.1, 0.15) is 11.4 Å². The number of hydrogen-bond acceptors (Lipinski definition) is 3. The third-order valence-corrected chi connectivity index (χ3v) is 4.53. The number of halogens is 2. The van der Waals surface area contributed by atoms with E-state index in [1.807, 2.05) is 32.9 Å². The van der Waals surface area contributed by atoms with Crippen LogP contribution in [-0.4, -0.2) is 42.3 Å². The van der Waals surface area contributed by atoms with E-state index < -0.39 is 5.60 Å². The predicted octanol–water partition coefficient (Wildman–Crippen LogP) is 4.12. The standard InChI is InChI=1S/C18H26BrFN2O2/c1-18(2,3)24-17(23)21-14-5-4-9-22(12-14)10-8-13-6-7-16(20)15(19)11-13/h6-7,11,14H,4-5,8-10,12H2,1-3H3,(H,21,23)/t14-/m0/s1. The number of hydrogen-bond donors (Lipinski definition) is 1. The molecular weight excluding hydrogens is 375 g/mol. The molecule has 1 aliphatic rings. The number of nitrogens with one attached hydrogen (secondary N) is 1. The zero-order valence-electron chi connectivity index (χ0n) is 14.6. The summed E-state index contributed by atoms with van der Waals surface area (Å²) in [4.78, 5) is 14.2. The number of ether oxygens (including phenoxy) is 1. The fraction of sp³-hybridized carbons (Fsp3) is 0.611. The Morgan fingerprint density at radius 1 is 1.46 bits per heavy atom. The smallest absolute Gasteiger partial charge is 0.407 e. The highest BCUT2D eigenvalue weighted by Crippen LogP contribution is 2.18. The molecule has 0 radical (unpaired) electrons. The Balaban J connectivity index is 1.80. The van der Waals surface area contributed by atoms with Crippen molar-refractivity contribution in [3.05, 3.63) is 34.1 Å². The molecule has 0 bridgehead atoms. The highest BCUT2D eigenvalue weighted by atomic mass is 79.9. The van der Waals surface area contributed by atoms with E-state index in [-0.39, 0.29) is 18.0 Å². The molecule has 0 spiro atoms. The van der Waals surface area contributed by atoms with E-state index in [2.05, 4.69) is 26.1 Å². The van der Waals surface area contributed by atoms with Gasteiger partial charge in [-0.25, -0.2) is 9.18 Å². The highest BCUT2D eigenvalue weighted by molar-refractivity contribution is 9.10. The molecule has 6 heteroatoms. The van der Waals surface area contributed by atoms with Crippen molar-refractivity contribution in [3.63, 3.8) is 0 Å². The molecule has 0 aromatic heterocycles. The number of likely N-dealkylation sites (tertiary alicyclic amines) is 1. The Labute approximate surface area is 151 Å². The van der Waals surface area contributed by atoms with Gasteiger partial charge in [-0.05, 0) is 80.2 Å². The summed E-state index contributed by atoms with van der Waals surface area (Å²) in [5, 5.41) is 2.96. The van der Waals surface area contributed by atoms with Crippen LogP contribution in [0.15, 0.2) is 22.7 Å². The average Bonchev–Trinajstić information content (AvgIpc) is 2.47. The number of amides is 1. The Kier molecular flexibility index (Phi) is 6.63. The van der Waals surface area contributed by atoms with Crippen LogP contribution >= 0.6 is 15.9 Å². The normalized spacial score (nSPS) is 19.1. The summed E-state index contributed by atoms with van der Waals surface area (Å²) in [6.45, 7) is 8.32. The van der Waals surface area contributed by atoms with Gasteiger partial charge < -0.3 is 15.0 Å². The number of rotatable bonds is 4. The number of nitrogens with zero attached hydrogens (tertiary/aromatic N) is 1. The van der Waals surface area contributed by atoms with Gasteiger partial charge in [0.2, 0.25) is 0 Å². The van der Waals surface area contributed by atoms with Crippen LogP contribution in [0, 0.1) is 5.82 Å². The van der Waals surface area contributed by atoms with Crippen LogP contribution in [0.5, 0.6) is 0 Å². The van der Waals surface area contributed by atoms with Crippen molar-refractivity contribution < 1.29 is 13.9 Å². The minimum atomic E-state index is -0.478. The second kappa shape index (κ2) is 8.30. The van der Waals surface area contributed by atoms with Gasteiger partial charge in [0.15, 0.2) is 0 Å². The minimum absolute atomic E-state index is 0.119. The summed E-state index contributed by atoms with van der Waals surface area (Å²) in [6, 6.07) is 5.26. The summed E-state index contributed by atoms with van der Waals surface area (Å²) in [5.74, 6) is -0.238. The van der Waals surface area contributed by atoms with Crippen LogP contribution in [0.1, 0.15) is 39.2 Å². The molecule has 1 saturated heterocycles. The van der Waals surface area contributed by atoms with Crippen molar-refractivity contribution in [2.24, 2.45) is 0 Å². The summed E-state index contributed by atoms with van der Waals surface area (Å²) < 4.78 is 19.1. The summed E-state index contributed by atoms with van der Waals surface area (Å²) >= 11 is 3.22. The molecule has 0 aliphatic carbocycles. The van der Waals surface area contributed by atoms with Crippen molar-refractivity contribution in [3.8, 4) is 0 Å². The van der Waals surface area contributed by atoms with Crippen molar-refractivity contribution in [1.82, 2.24) is 10.2 Å². The van der Waals surface area contributed by atoms with Crippen LogP contribution in [0.25, 0.3) is 0 Å². The van der Waals surface area contributed by atoms with Gasteiger partial charge in [-0.3, -0.25) is 0 Å². The topological polar surface area (TPSA) is 41.6 Å². The molecule has 1 aromatic carbocycles. The molecule has 1 N–H and O–H groups in total. The first-order valence-corrected chi connectivity index (χ1v) is 9.18. The van der Waals surface area contributed by atoms with Crippen molar-refractivity contribution in [2.45, 2.75) is 51.7 Å². The Morgan fingerprint density at radius 2 is 2.21 bits per heavy atom. The molecule has 1 aromatic rings. The Morgan fingerprint density at radius 3 is 2.88 bits per heavy atom. The van der Waals surface area contributed by atoms with Gasteiger partial charge >= 0.3 is 6.09 Å². The number of benzene rings is 1. The summed E-state index contributed by atoms with van der Waals surface area (Å²) in [5.41, 5.74) is 0.625. The lowest BCUT2D eigenvalue weighted by molar-refractivity contribution is 0.0472. The van der Waals surface area contributed by atoms with E-state index in [0.717, 1.165) is 44.5 Å². The van der Waals surface area contributed by atoms with Crippen LogP contribution < -0.4 is 5.32 Å². The molecule has 24 heavy (non-hydrogen) atoms. The van der Waals surface area contributed by atoms with Crippen LogP contribution in [0.4, 0.5) is 9.18 Å². The van der Waals surface area contributed by atoms with Gasteiger partial charge in [-0.2, -0.15) is 0 Å². The summed E-state index contributed by atoms with van der Waals surface area (Å²) in [7, 11) is 0. The van der Waals surface area contributed by atoms with Crippen molar-refractivity contribution in [1.29, 1.82) is 0 Å². The maximum atomic E-state index is 13.3. The first-order chi connectivity index (χ1) is 11.2. The van der Waals surface area contributed by atoms with E-state index >= 15 is 0 Å². The largest absolute Gasteiger partial charge is 0.444 e. The molecular formula is C18H26BrFN2O2. The second-order valence-electron chi connectivity index (χ2n) is 7.28. The zero-order valence-corrected chi connectivity index (χ0v) is 16.2. The lowest BCUT2D eigenvalue weighted by atomic mass is 10.0. The Bertz CT molecular complexity index is 575. The zero-order chi connectivity index (χ0) is 17.7. The molecule has 1 amide bonds. The average molecular weight is 401 g/mol. The second-order valence-corrected chi connectivity index (χ2v) is 8.14. The van der Waals surface area contributed by atoms with Crippen molar-refractivity contribution in [2.75, 3.05) is 19.6 Å². The van der Waals surface area contributed by atoms with Crippen LogP contribution in [0.3, 0.4) is 0 Å². The van der Waals surface area contributed by atoms with E-state index in [4.69, 9.17) is 4.74 Å². The van der Waals surface area contributed by atoms with Crippen LogP contribution in [0.2, 0.25) is 0 Å². The van der Waals surface area contributed by atoms with Gasteiger partial charge in [-0.15, -0.1) is 0 Å². The number of carbonyl (C=O) groups is 1. The molecule has 0 saturated carbocycles. The van der Waals surface area contributed by atoms with E-state index in [1.165, 1.54) is 6.07 Å². The predicted molar refractivity (Wildman–Crippen MR) is 96.6 cm³/mol. The summed E-state index contributed by atoms with van der Waals surface area (Å²) in [6.07, 6.45) is 2.53. The third-order valence-electron chi connectivity index (χ3n) is 3.93. The first-order valence-electron chi connectivity index (χ1n) is 8.39. The lowest BCUT2D eigenvalue weighted by Crippen LogP contribution is -2.49. The first kappa shape index (κ1) is 19.2. The van der Waals surface area contributed by atoms with Crippen LogP contribution in [-0.2, 0) is 11.2 Å². The van der Waals surface area contributed by atoms with E-state index in [9.17, 15) is 9.18 Å². The molecule has 1 heterocycles. The maximum absolute atomic E-state index is 13.3. The fourth-order valence-corrected chi connectivity index (χ4v) is 3.26. The van der Waals surface area contributed by atoms with Gasteiger partial charge in [-0.1, -0.05) is 6.07 Å². The third kappa shape index (κ3) is 6.40. The molecule has 2 rings (SSSR count). The number of piperidine rings is 1. The highest BCUT2D eigenvalue weighted by Gasteiger charge is 2.24. The maximum Gasteiger partial charge on any atom is 0.407 e. The molecule has 1 atom stereocenters. The number of alkyl carbamates (subject to hydrolysis) is 1. The monoisotopic (exact) mass is 400 g/mol. The van der Waals surface area contributed by atoms with Gasteiger partial charge in [0.25, 0.3) is 0 Å². The molecule has 1 fully saturated rings. The minimum Gasteiger partial charge on any atom is -0.444 e. The quantitative estimate of drug-likeness (QED) is 0.826. The molecule has 134 valence electrons. The Hall–Kier alpha value is -1.14.